The van der Waals surface area contributed by atoms with E-state index in [0.717, 1.165) is 6.54 Å². The lowest BCUT2D eigenvalue weighted by Crippen LogP contribution is -2.30. The summed E-state index contributed by atoms with van der Waals surface area (Å²) in [5, 5.41) is 3.65. The average molecular weight is 266 g/mol. The van der Waals surface area contributed by atoms with Crippen molar-refractivity contribution in [3.8, 4) is 11.1 Å². The van der Waals surface area contributed by atoms with Crippen molar-refractivity contribution in [3.63, 3.8) is 0 Å². The summed E-state index contributed by atoms with van der Waals surface area (Å²) in [6.45, 7) is 3.35. The fourth-order valence-corrected chi connectivity index (χ4v) is 2.81. The fraction of sp³-hybridized carbons (Fsp3) is 0.333. The lowest BCUT2D eigenvalue weighted by molar-refractivity contribution is 0.397. The number of rotatable bonds is 4. The van der Waals surface area contributed by atoms with Gasteiger partial charge in [0, 0.05) is 19.1 Å². The number of likely N-dealkylation sites (tertiary alicyclic amines) is 1. The molecule has 0 bridgehead atoms. The molecule has 20 heavy (non-hydrogen) atoms. The molecule has 0 aromatic heterocycles. The Labute approximate surface area is 121 Å². The van der Waals surface area contributed by atoms with Gasteiger partial charge in [0.2, 0.25) is 0 Å². The van der Waals surface area contributed by atoms with Crippen molar-refractivity contribution in [2.75, 3.05) is 20.1 Å². The molecular weight excluding hydrogens is 244 g/mol. The predicted octanol–water partition coefficient (Wildman–Crippen LogP) is 3.15. The van der Waals surface area contributed by atoms with Gasteiger partial charge < -0.3 is 10.2 Å². The highest BCUT2D eigenvalue weighted by Crippen LogP contribution is 2.19. The highest BCUT2D eigenvalue weighted by atomic mass is 15.2. The lowest BCUT2D eigenvalue weighted by atomic mass is 10.0. The van der Waals surface area contributed by atoms with E-state index in [1.807, 2.05) is 0 Å². The second-order valence-electron chi connectivity index (χ2n) is 5.69. The topological polar surface area (TPSA) is 15.3 Å². The molecular formula is C18H22N2. The maximum Gasteiger partial charge on any atom is 0.0210 e. The second kappa shape index (κ2) is 6.21. The molecule has 1 saturated heterocycles. The molecule has 3 rings (SSSR count). The largest absolute Gasteiger partial charge is 0.309 e. The summed E-state index contributed by atoms with van der Waals surface area (Å²) in [6.07, 6.45) is 1.26. The molecule has 0 radical (unpaired) electrons. The third-order valence-corrected chi connectivity index (χ3v) is 4.05. The van der Waals surface area contributed by atoms with E-state index in [-0.39, 0.29) is 0 Å². The fourth-order valence-electron chi connectivity index (χ4n) is 2.81. The number of benzene rings is 2. The van der Waals surface area contributed by atoms with Gasteiger partial charge in [-0.3, -0.25) is 0 Å². The van der Waals surface area contributed by atoms with Gasteiger partial charge in [0.05, 0.1) is 0 Å². The minimum absolute atomic E-state index is 0.647. The van der Waals surface area contributed by atoms with Crippen LogP contribution in [0.15, 0.2) is 54.6 Å². The third kappa shape index (κ3) is 3.27. The van der Waals surface area contributed by atoms with Gasteiger partial charge in [0.1, 0.15) is 0 Å². The quantitative estimate of drug-likeness (QED) is 0.914. The number of likely N-dealkylation sites (N-methyl/N-ethyl adjacent to an activating group) is 1. The molecule has 1 heterocycles. The van der Waals surface area contributed by atoms with E-state index >= 15 is 0 Å². The number of nitrogens with one attached hydrogen (secondary N) is 1. The van der Waals surface area contributed by atoms with Crippen LogP contribution in [-0.4, -0.2) is 31.1 Å². The standard InChI is InChI=1S/C18H22N2/c1-20-12-11-18(14-20)19-13-15-7-9-17(10-8-15)16-5-3-2-4-6-16/h2-10,18-19H,11-14H2,1H3. The molecule has 0 saturated carbocycles. The minimum atomic E-state index is 0.647. The van der Waals surface area contributed by atoms with Crippen LogP contribution in [0, 0.1) is 0 Å². The first kappa shape index (κ1) is 13.3. The molecule has 2 nitrogen and oxygen atoms in total. The molecule has 1 unspecified atom stereocenters. The van der Waals surface area contributed by atoms with Crippen molar-refractivity contribution in [1.29, 1.82) is 0 Å². The highest BCUT2D eigenvalue weighted by molar-refractivity contribution is 5.63. The van der Waals surface area contributed by atoms with Crippen molar-refractivity contribution in [2.45, 2.75) is 19.0 Å². The summed E-state index contributed by atoms with van der Waals surface area (Å²) in [5.74, 6) is 0. The Morgan fingerprint density at radius 1 is 1.00 bits per heavy atom. The van der Waals surface area contributed by atoms with Crippen LogP contribution in [-0.2, 0) is 6.54 Å². The van der Waals surface area contributed by atoms with Gasteiger partial charge in [0.25, 0.3) is 0 Å². The first-order valence-electron chi connectivity index (χ1n) is 7.37. The Bertz CT molecular complexity index is 533. The molecule has 2 aromatic carbocycles. The van der Waals surface area contributed by atoms with Crippen LogP contribution in [0.3, 0.4) is 0 Å². The minimum Gasteiger partial charge on any atom is -0.309 e. The Hall–Kier alpha value is -1.64. The van der Waals surface area contributed by atoms with Gasteiger partial charge in [-0.1, -0.05) is 54.6 Å². The van der Waals surface area contributed by atoms with Gasteiger partial charge in [0.15, 0.2) is 0 Å². The van der Waals surface area contributed by atoms with Gasteiger partial charge in [-0.25, -0.2) is 0 Å². The molecule has 2 heteroatoms. The molecule has 2 aromatic rings. The van der Waals surface area contributed by atoms with E-state index < -0.39 is 0 Å². The summed E-state index contributed by atoms with van der Waals surface area (Å²) in [4.78, 5) is 2.39. The van der Waals surface area contributed by atoms with Crippen LogP contribution in [0.5, 0.6) is 0 Å². The molecule has 1 atom stereocenters. The number of hydrogen-bond acceptors (Lipinski definition) is 2. The van der Waals surface area contributed by atoms with E-state index in [1.54, 1.807) is 0 Å². The molecule has 0 aliphatic carbocycles. The molecule has 1 aliphatic heterocycles. The van der Waals surface area contributed by atoms with Crippen molar-refractivity contribution < 1.29 is 0 Å². The summed E-state index contributed by atoms with van der Waals surface area (Å²) < 4.78 is 0. The van der Waals surface area contributed by atoms with Crippen molar-refractivity contribution >= 4 is 0 Å². The zero-order chi connectivity index (χ0) is 13.8. The number of hydrogen-bond donors (Lipinski definition) is 1. The Kier molecular flexibility index (Phi) is 4.14. The molecule has 0 amide bonds. The maximum atomic E-state index is 3.65. The first-order chi connectivity index (χ1) is 9.81. The summed E-state index contributed by atoms with van der Waals surface area (Å²) >= 11 is 0. The predicted molar refractivity (Wildman–Crippen MR) is 84.6 cm³/mol. The van der Waals surface area contributed by atoms with Gasteiger partial charge in [-0.2, -0.15) is 0 Å². The van der Waals surface area contributed by atoms with Crippen molar-refractivity contribution in [3.05, 3.63) is 60.2 Å². The van der Waals surface area contributed by atoms with Crippen LogP contribution in [0.2, 0.25) is 0 Å². The van der Waals surface area contributed by atoms with Crippen LogP contribution in [0.4, 0.5) is 0 Å². The SMILES string of the molecule is CN1CCC(NCc2ccc(-c3ccccc3)cc2)C1. The van der Waals surface area contributed by atoms with Gasteiger partial charge in [-0.05, 0) is 36.7 Å². The molecule has 1 fully saturated rings. The Balaban J connectivity index is 1.59. The highest BCUT2D eigenvalue weighted by Gasteiger charge is 2.18. The van der Waals surface area contributed by atoms with E-state index in [2.05, 4.69) is 71.9 Å². The monoisotopic (exact) mass is 266 g/mol. The molecule has 1 N–H and O–H groups in total. The normalized spacial score (nSPS) is 19.4. The molecule has 0 spiro atoms. The van der Waals surface area contributed by atoms with E-state index in [4.69, 9.17) is 0 Å². The summed E-state index contributed by atoms with van der Waals surface area (Å²) in [7, 11) is 2.19. The maximum absolute atomic E-state index is 3.65. The third-order valence-electron chi connectivity index (χ3n) is 4.05. The zero-order valence-electron chi connectivity index (χ0n) is 12.0. The van der Waals surface area contributed by atoms with Gasteiger partial charge >= 0.3 is 0 Å². The Morgan fingerprint density at radius 3 is 2.35 bits per heavy atom. The molecule has 1 aliphatic rings. The van der Waals surface area contributed by atoms with E-state index in [1.165, 1.54) is 36.2 Å². The van der Waals surface area contributed by atoms with Crippen molar-refractivity contribution in [1.82, 2.24) is 10.2 Å². The van der Waals surface area contributed by atoms with Crippen LogP contribution in [0.25, 0.3) is 11.1 Å². The lowest BCUT2D eigenvalue weighted by Gasteiger charge is -2.13. The first-order valence-corrected chi connectivity index (χ1v) is 7.37. The van der Waals surface area contributed by atoms with Crippen LogP contribution in [0.1, 0.15) is 12.0 Å². The van der Waals surface area contributed by atoms with Crippen LogP contribution >= 0.6 is 0 Å². The molecule has 104 valence electrons. The smallest absolute Gasteiger partial charge is 0.0210 e. The van der Waals surface area contributed by atoms with Crippen molar-refractivity contribution in [2.24, 2.45) is 0 Å². The van der Waals surface area contributed by atoms with Crippen LogP contribution < -0.4 is 5.32 Å². The van der Waals surface area contributed by atoms with Gasteiger partial charge in [-0.15, -0.1) is 0 Å². The second-order valence-corrected chi connectivity index (χ2v) is 5.69. The van der Waals surface area contributed by atoms with E-state index in [0.29, 0.717) is 6.04 Å². The summed E-state index contributed by atoms with van der Waals surface area (Å²) in [5.41, 5.74) is 3.93. The van der Waals surface area contributed by atoms with E-state index in [9.17, 15) is 0 Å². The number of nitrogens with zero attached hydrogens (tertiary/aromatic N) is 1. The average Bonchev–Trinajstić information content (AvgIpc) is 2.92. The zero-order valence-corrected chi connectivity index (χ0v) is 12.0. The Morgan fingerprint density at radius 2 is 1.70 bits per heavy atom. The summed E-state index contributed by atoms with van der Waals surface area (Å²) in [6, 6.07) is 20.1.